The molecule has 158 valence electrons. The van der Waals surface area contributed by atoms with Crippen molar-refractivity contribution in [3.63, 3.8) is 0 Å². The third kappa shape index (κ3) is 3.52. The van der Waals surface area contributed by atoms with Crippen LogP contribution in [0.5, 0.6) is 0 Å². The largest absolute Gasteiger partial charge is 0.310 e. The summed E-state index contributed by atoms with van der Waals surface area (Å²) < 4.78 is 3.10. The van der Waals surface area contributed by atoms with Crippen molar-refractivity contribution >= 4 is 22.8 Å². The third-order valence-electron chi connectivity index (χ3n) is 5.68. The highest BCUT2D eigenvalue weighted by Gasteiger charge is 2.24. The van der Waals surface area contributed by atoms with E-state index in [1.807, 2.05) is 38.1 Å². The van der Waals surface area contributed by atoms with Crippen molar-refractivity contribution in [2.24, 2.45) is 5.92 Å². The molecule has 9 nitrogen and oxygen atoms in total. The first kappa shape index (κ1) is 19.2. The molecule has 2 N–H and O–H groups in total. The van der Waals surface area contributed by atoms with Crippen molar-refractivity contribution in [1.82, 2.24) is 29.5 Å². The second-order valence-corrected chi connectivity index (χ2v) is 8.08. The van der Waals surface area contributed by atoms with E-state index in [0.717, 1.165) is 36.9 Å². The third-order valence-corrected chi connectivity index (χ3v) is 5.68. The van der Waals surface area contributed by atoms with Crippen LogP contribution in [0.1, 0.15) is 36.9 Å². The minimum atomic E-state index is -0.319. The van der Waals surface area contributed by atoms with Gasteiger partial charge in [0.2, 0.25) is 11.9 Å². The number of hydrogen-bond donors (Lipinski definition) is 2. The highest BCUT2D eigenvalue weighted by molar-refractivity contribution is 5.92. The van der Waals surface area contributed by atoms with E-state index in [1.54, 1.807) is 10.7 Å². The molecule has 5 rings (SSSR count). The summed E-state index contributed by atoms with van der Waals surface area (Å²) in [5.74, 6) is 0.702. The van der Waals surface area contributed by atoms with Crippen LogP contribution < -0.4 is 10.9 Å². The summed E-state index contributed by atoms with van der Waals surface area (Å²) in [7, 11) is 0. The Labute approximate surface area is 178 Å². The number of nitrogens with one attached hydrogen (secondary N) is 2. The van der Waals surface area contributed by atoms with Crippen molar-refractivity contribution in [3.05, 3.63) is 58.1 Å². The highest BCUT2D eigenvalue weighted by Crippen LogP contribution is 2.26. The fourth-order valence-corrected chi connectivity index (χ4v) is 4.12. The minimum absolute atomic E-state index is 0.0147. The summed E-state index contributed by atoms with van der Waals surface area (Å²) in [6, 6.07) is 9.58. The van der Waals surface area contributed by atoms with E-state index in [0.29, 0.717) is 22.5 Å². The van der Waals surface area contributed by atoms with Gasteiger partial charge in [0.1, 0.15) is 11.2 Å². The number of benzene rings is 1. The Kier molecular flexibility index (Phi) is 4.65. The van der Waals surface area contributed by atoms with E-state index in [9.17, 15) is 9.59 Å². The molecule has 1 aliphatic carbocycles. The van der Waals surface area contributed by atoms with Crippen LogP contribution in [0, 0.1) is 19.8 Å². The summed E-state index contributed by atoms with van der Waals surface area (Å²) in [5, 5.41) is 12.2. The van der Waals surface area contributed by atoms with Gasteiger partial charge in [-0.1, -0.05) is 25.0 Å². The number of carbonyl (C=O) groups is 1. The van der Waals surface area contributed by atoms with E-state index >= 15 is 0 Å². The number of anilines is 1. The van der Waals surface area contributed by atoms with Gasteiger partial charge in [-0.2, -0.15) is 19.9 Å². The lowest BCUT2D eigenvalue weighted by Gasteiger charge is -2.12. The Hall–Kier alpha value is -3.75. The number of H-pyrrole nitrogens is 1. The molecular weight excluding hydrogens is 394 g/mol. The fraction of sp³-hybridized carbons (Fsp3) is 0.318. The van der Waals surface area contributed by atoms with Crippen LogP contribution in [0.4, 0.5) is 5.82 Å². The Morgan fingerprint density at radius 2 is 1.97 bits per heavy atom. The number of aromatic amines is 1. The first-order chi connectivity index (χ1) is 15.0. The van der Waals surface area contributed by atoms with E-state index in [1.165, 1.54) is 10.9 Å². The van der Waals surface area contributed by atoms with Gasteiger partial charge in [-0.3, -0.25) is 14.6 Å². The highest BCUT2D eigenvalue weighted by atomic mass is 16.2. The zero-order valence-corrected chi connectivity index (χ0v) is 17.4. The van der Waals surface area contributed by atoms with Crippen molar-refractivity contribution in [1.29, 1.82) is 0 Å². The summed E-state index contributed by atoms with van der Waals surface area (Å²) in [6.45, 7) is 3.82. The van der Waals surface area contributed by atoms with Crippen molar-refractivity contribution < 1.29 is 4.79 Å². The SMILES string of the molecule is Cc1cccc(-n2ncc3c(=O)[nH]c(-n4nc(C)cc4NC(=O)C4CCCC4)nc32)c1. The molecule has 4 aromatic rings. The van der Waals surface area contributed by atoms with Crippen molar-refractivity contribution in [2.75, 3.05) is 5.32 Å². The fourth-order valence-electron chi connectivity index (χ4n) is 4.12. The lowest BCUT2D eigenvalue weighted by molar-refractivity contribution is -0.119. The normalized spacial score (nSPS) is 14.4. The van der Waals surface area contributed by atoms with Gasteiger partial charge in [0.05, 0.1) is 17.6 Å². The minimum Gasteiger partial charge on any atom is -0.310 e. The van der Waals surface area contributed by atoms with Crippen LogP contribution >= 0.6 is 0 Å². The Balaban J connectivity index is 1.59. The predicted molar refractivity (Wildman–Crippen MR) is 117 cm³/mol. The van der Waals surface area contributed by atoms with Gasteiger partial charge in [-0.05, 0) is 44.4 Å². The number of aromatic nitrogens is 6. The molecule has 9 heteroatoms. The topological polar surface area (TPSA) is 110 Å². The van der Waals surface area contributed by atoms with Gasteiger partial charge in [0.25, 0.3) is 5.56 Å². The molecule has 1 aromatic carbocycles. The maximum absolute atomic E-state index is 12.8. The summed E-state index contributed by atoms with van der Waals surface area (Å²) >= 11 is 0. The van der Waals surface area contributed by atoms with Crippen molar-refractivity contribution in [3.8, 4) is 11.6 Å². The second-order valence-electron chi connectivity index (χ2n) is 8.08. The lowest BCUT2D eigenvalue weighted by atomic mass is 10.1. The quantitative estimate of drug-likeness (QED) is 0.530. The number of aryl methyl sites for hydroxylation is 2. The van der Waals surface area contributed by atoms with Crippen LogP contribution in [0.2, 0.25) is 0 Å². The Morgan fingerprint density at radius 3 is 2.74 bits per heavy atom. The first-order valence-electron chi connectivity index (χ1n) is 10.4. The van der Waals surface area contributed by atoms with Crippen LogP contribution in [-0.2, 0) is 4.79 Å². The van der Waals surface area contributed by atoms with E-state index in [-0.39, 0.29) is 23.3 Å². The number of amides is 1. The zero-order chi connectivity index (χ0) is 21.5. The molecule has 3 aromatic heterocycles. The number of fused-ring (bicyclic) bond motifs is 1. The molecule has 0 bridgehead atoms. The molecule has 1 aliphatic rings. The molecule has 31 heavy (non-hydrogen) atoms. The molecule has 0 saturated heterocycles. The van der Waals surface area contributed by atoms with Crippen LogP contribution in [0.25, 0.3) is 22.7 Å². The van der Waals surface area contributed by atoms with Crippen molar-refractivity contribution in [2.45, 2.75) is 39.5 Å². The summed E-state index contributed by atoms with van der Waals surface area (Å²) in [6.07, 6.45) is 5.45. The summed E-state index contributed by atoms with van der Waals surface area (Å²) in [4.78, 5) is 32.8. The molecular formula is C22H23N7O2. The molecule has 0 spiro atoms. The number of rotatable bonds is 4. The monoisotopic (exact) mass is 417 g/mol. The van der Waals surface area contributed by atoms with Gasteiger partial charge >= 0.3 is 0 Å². The molecule has 0 radical (unpaired) electrons. The molecule has 3 heterocycles. The van der Waals surface area contributed by atoms with Gasteiger partial charge in [-0.15, -0.1) is 0 Å². The van der Waals surface area contributed by atoms with Crippen LogP contribution in [0.15, 0.2) is 41.3 Å². The van der Waals surface area contributed by atoms with E-state index in [2.05, 4.69) is 25.5 Å². The van der Waals surface area contributed by atoms with Crippen LogP contribution in [0.3, 0.4) is 0 Å². The van der Waals surface area contributed by atoms with Gasteiger partial charge in [-0.25, -0.2) is 4.68 Å². The zero-order valence-electron chi connectivity index (χ0n) is 17.4. The lowest BCUT2D eigenvalue weighted by Crippen LogP contribution is -2.23. The molecule has 0 aliphatic heterocycles. The number of hydrogen-bond acceptors (Lipinski definition) is 5. The van der Waals surface area contributed by atoms with Gasteiger partial charge in [0, 0.05) is 12.0 Å². The number of carbonyl (C=O) groups excluding carboxylic acids is 1. The first-order valence-corrected chi connectivity index (χ1v) is 10.4. The van der Waals surface area contributed by atoms with Gasteiger partial charge < -0.3 is 5.32 Å². The van der Waals surface area contributed by atoms with Crippen LogP contribution in [-0.4, -0.2) is 35.4 Å². The average Bonchev–Trinajstić information content (AvgIpc) is 3.47. The van der Waals surface area contributed by atoms with Gasteiger partial charge in [0.15, 0.2) is 5.65 Å². The second kappa shape index (κ2) is 7.50. The van der Waals surface area contributed by atoms with E-state index in [4.69, 9.17) is 0 Å². The molecule has 0 atom stereocenters. The smallest absolute Gasteiger partial charge is 0.263 e. The summed E-state index contributed by atoms with van der Waals surface area (Å²) in [5.41, 5.74) is 2.69. The maximum atomic E-state index is 12.8. The number of nitrogens with zero attached hydrogens (tertiary/aromatic N) is 5. The molecule has 1 saturated carbocycles. The molecule has 1 amide bonds. The standard InChI is InChI=1S/C22H23N7O2/c1-13-6-5-9-16(10-13)28-19-17(12-23-28)21(31)26-22(25-19)29-18(11-14(2)27-29)24-20(30)15-7-3-4-8-15/h5-6,9-12,15H,3-4,7-8H2,1-2H3,(H,24,30)(H,25,26,31). The predicted octanol–water partition coefficient (Wildman–Crippen LogP) is 3.04. The maximum Gasteiger partial charge on any atom is 0.263 e. The molecule has 1 fully saturated rings. The average molecular weight is 417 g/mol. The Bertz CT molecular complexity index is 1340. The van der Waals surface area contributed by atoms with E-state index < -0.39 is 0 Å². The molecule has 0 unspecified atom stereocenters. The Morgan fingerprint density at radius 1 is 1.16 bits per heavy atom.